The van der Waals surface area contributed by atoms with Gasteiger partial charge in [0.2, 0.25) is 0 Å². The third kappa shape index (κ3) is 6.14. The number of carbonyl (C=O) groups is 2. The second-order valence-corrected chi connectivity index (χ2v) is 6.94. The minimum Gasteiger partial charge on any atom is -0.457 e. The molecule has 11 nitrogen and oxygen atoms in total. The fourth-order valence-electron chi connectivity index (χ4n) is 2.44. The fourth-order valence-corrected chi connectivity index (χ4v) is 2.44. The molecule has 0 aromatic carbocycles. The molecule has 1 rings (SSSR count). The summed E-state index contributed by atoms with van der Waals surface area (Å²) < 4.78 is 12.3. The van der Waals surface area contributed by atoms with Gasteiger partial charge in [-0.05, 0) is 27.7 Å². The quantitative estimate of drug-likeness (QED) is 0.379. The molecule has 0 saturated carbocycles. The third-order valence-electron chi connectivity index (χ3n) is 3.90. The molecule has 11 heteroatoms. The van der Waals surface area contributed by atoms with Crippen LogP contribution in [0.1, 0.15) is 27.7 Å². The molecule has 0 aliphatic heterocycles. The number of aliphatic hydroxyl groups excluding tert-OH is 1. The zero-order chi connectivity index (χ0) is 23.2. The van der Waals surface area contributed by atoms with Crippen LogP contribution >= 0.6 is 0 Å². The molecule has 2 unspecified atom stereocenters. The largest absolute Gasteiger partial charge is 0.457 e. The molecule has 0 aliphatic carbocycles. The lowest BCUT2D eigenvalue weighted by Gasteiger charge is -2.19. The number of ether oxygens (including phenoxy) is 2. The molecule has 1 aromatic rings. The van der Waals surface area contributed by atoms with Gasteiger partial charge in [-0.2, -0.15) is 0 Å². The van der Waals surface area contributed by atoms with E-state index in [1.165, 1.54) is 27.7 Å². The van der Waals surface area contributed by atoms with Crippen LogP contribution in [0.2, 0.25) is 0 Å². The molecular weight excluding hydrogens is 398 g/mol. The molecule has 0 spiro atoms. The summed E-state index contributed by atoms with van der Waals surface area (Å²) in [6.07, 6.45) is -1.77. The number of aliphatic hydroxyl groups is 1. The van der Waals surface area contributed by atoms with Crippen molar-refractivity contribution in [2.45, 2.75) is 59.5 Å². The lowest BCUT2D eigenvalue weighted by atomic mass is 10.3. The molecular formula is C19H27N3O8. The van der Waals surface area contributed by atoms with Crippen molar-refractivity contribution in [3.63, 3.8) is 0 Å². The molecule has 0 radical (unpaired) electrons. The van der Waals surface area contributed by atoms with Crippen molar-refractivity contribution in [2.24, 2.45) is 0 Å². The summed E-state index contributed by atoms with van der Waals surface area (Å²) in [5.74, 6) is -1.39. The molecule has 2 atom stereocenters. The van der Waals surface area contributed by atoms with Crippen LogP contribution in [0.15, 0.2) is 38.7 Å². The highest BCUT2D eigenvalue weighted by Gasteiger charge is 2.21. The molecule has 1 aromatic heterocycles. The Bertz CT molecular complexity index is 940. The van der Waals surface area contributed by atoms with Gasteiger partial charge in [0.1, 0.15) is 12.2 Å². The highest BCUT2D eigenvalue weighted by molar-refractivity contribution is 5.87. The Labute approximate surface area is 172 Å². The number of esters is 2. The van der Waals surface area contributed by atoms with Gasteiger partial charge < -0.3 is 14.6 Å². The van der Waals surface area contributed by atoms with Crippen LogP contribution in [-0.2, 0) is 38.7 Å². The van der Waals surface area contributed by atoms with E-state index in [4.69, 9.17) is 9.47 Å². The van der Waals surface area contributed by atoms with Gasteiger partial charge in [-0.1, -0.05) is 13.2 Å². The lowest BCUT2D eigenvalue weighted by Crippen LogP contribution is -2.56. The van der Waals surface area contributed by atoms with Crippen molar-refractivity contribution in [2.75, 3.05) is 6.61 Å². The van der Waals surface area contributed by atoms with E-state index in [9.17, 15) is 29.1 Å². The molecule has 0 saturated heterocycles. The first-order valence-electron chi connectivity index (χ1n) is 9.19. The number of nitrogens with zero attached hydrogens (tertiary/aromatic N) is 3. The second kappa shape index (κ2) is 10.5. The molecule has 30 heavy (non-hydrogen) atoms. The van der Waals surface area contributed by atoms with Crippen molar-refractivity contribution < 1.29 is 24.2 Å². The normalized spacial score (nSPS) is 12.7. The summed E-state index contributed by atoms with van der Waals surface area (Å²) in [6.45, 7) is 11.2. The van der Waals surface area contributed by atoms with Crippen LogP contribution in [0.3, 0.4) is 0 Å². The summed E-state index contributed by atoms with van der Waals surface area (Å²) in [6, 6.07) is 0. The van der Waals surface area contributed by atoms with Crippen LogP contribution in [0.5, 0.6) is 0 Å². The van der Waals surface area contributed by atoms with Crippen LogP contribution in [0.25, 0.3) is 0 Å². The van der Waals surface area contributed by atoms with E-state index in [2.05, 4.69) is 13.2 Å². The molecule has 0 amide bonds. The Morgan fingerprint density at radius 3 is 1.47 bits per heavy atom. The van der Waals surface area contributed by atoms with Crippen molar-refractivity contribution in [1.82, 2.24) is 13.7 Å². The van der Waals surface area contributed by atoms with Crippen molar-refractivity contribution >= 4 is 11.9 Å². The predicted molar refractivity (Wildman–Crippen MR) is 107 cm³/mol. The minimum absolute atomic E-state index is 0.144. The Morgan fingerprint density at radius 2 is 1.17 bits per heavy atom. The smallest absolute Gasteiger partial charge is 0.336 e. The zero-order valence-corrected chi connectivity index (χ0v) is 17.5. The summed E-state index contributed by atoms with van der Waals surface area (Å²) in [7, 11) is 0. The van der Waals surface area contributed by atoms with Gasteiger partial charge in [-0.25, -0.2) is 37.7 Å². The summed E-state index contributed by atoms with van der Waals surface area (Å²) in [5, 5.41) is 9.19. The van der Waals surface area contributed by atoms with E-state index in [-0.39, 0.29) is 30.8 Å². The number of carbonyl (C=O) groups excluding carboxylic acids is 2. The Morgan fingerprint density at radius 1 is 0.833 bits per heavy atom. The number of aromatic nitrogens is 3. The van der Waals surface area contributed by atoms with E-state index >= 15 is 0 Å². The van der Waals surface area contributed by atoms with Crippen molar-refractivity contribution in [3.8, 4) is 0 Å². The SMILES string of the molecule is C=C(C)C(=O)OC(C)Cn1c(=O)n(CCO)c(=O)n(CC(C)OC(=O)C(=C)C)c1=O. The Balaban J connectivity index is 3.37. The Hall–Kier alpha value is -3.21. The van der Waals surface area contributed by atoms with Crippen LogP contribution in [-0.4, -0.2) is 49.6 Å². The van der Waals surface area contributed by atoms with Gasteiger partial charge >= 0.3 is 29.0 Å². The fraction of sp³-hybridized carbons (Fsp3) is 0.526. The van der Waals surface area contributed by atoms with Crippen LogP contribution in [0.4, 0.5) is 0 Å². The van der Waals surface area contributed by atoms with Gasteiger partial charge in [0.15, 0.2) is 0 Å². The molecule has 1 N–H and O–H groups in total. The van der Waals surface area contributed by atoms with Crippen LogP contribution in [0, 0.1) is 0 Å². The summed E-state index contributed by atoms with van der Waals surface area (Å²) >= 11 is 0. The maximum absolute atomic E-state index is 12.8. The van der Waals surface area contributed by atoms with E-state index in [1.54, 1.807) is 0 Å². The van der Waals surface area contributed by atoms with Gasteiger partial charge in [0.05, 0.1) is 26.2 Å². The number of hydrogen-bond donors (Lipinski definition) is 1. The molecule has 0 aliphatic rings. The Kier molecular flexibility index (Phi) is 8.72. The first kappa shape index (κ1) is 24.8. The van der Waals surface area contributed by atoms with Crippen LogP contribution < -0.4 is 17.1 Å². The summed E-state index contributed by atoms with van der Waals surface area (Å²) in [4.78, 5) is 61.4. The van der Waals surface area contributed by atoms with Gasteiger partial charge in [-0.3, -0.25) is 0 Å². The highest BCUT2D eigenvalue weighted by Crippen LogP contribution is 2.01. The van der Waals surface area contributed by atoms with Crippen molar-refractivity contribution in [1.29, 1.82) is 0 Å². The maximum atomic E-state index is 12.8. The molecule has 1 heterocycles. The third-order valence-corrected chi connectivity index (χ3v) is 3.90. The van der Waals surface area contributed by atoms with Gasteiger partial charge in [0.25, 0.3) is 0 Å². The van der Waals surface area contributed by atoms with E-state index < -0.39 is 47.8 Å². The first-order chi connectivity index (χ1) is 13.9. The zero-order valence-electron chi connectivity index (χ0n) is 17.5. The van der Waals surface area contributed by atoms with E-state index in [0.717, 1.165) is 9.13 Å². The molecule has 166 valence electrons. The maximum Gasteiger partial charge on any atom is 0.336 e. The standard InChI is InChI=1S/C19H27N3O8/c1-11(2)15(24)29-13(5)9-21-17(26)20(7-8-23)18(27)22(19(21)28)10-14(6)30-16(25)12(3)4/h13-14,23H,1,3,7-10H2,2,4-6H3. The topological polar surface area (TPSA) is 139 Å². The first-order valence-corrected chi connectivity index (χ1v) is 9.19. The average Bonchev–Trinajstić information content (AvgIpc) is 2.65. The second-order valence-electron chi connectivity index (χ2n) is 6.94. The van der Waals surface area contributed by atoms with E-state index in [0.29, 0.717) is 4.57 Å². The number of rotatable bonds is 10. The summed E-state index contributed by atoms with van der Waals surface area (Å²) in [5.41, 5.74) is -2.59. The van der Waals surface area contributed by atoms with Crippen molar-refractivity contribution in [3.05, 3.63) is 55.8 Å². The highest BCUT2D eigenvalue weighted by atomic mass is 16.5. The molecule has 0 fully saturated rings. The number of hydrogen-bond acceptors (Lipinski definition) is 8. The van der Waals surface area contributed by atoms with Gasteiger partial charge in [-0.15, -0.1) is 0 Å². The lowest BCUT2D eigenvalue weighted by molar-refractivity contribution is -0.144. The monoisotopic (exact) mass is 425 g/mol. The van der Waals surface area contributed by atoms with Gasteiger partial charge in [0, 0.05) is 11.1 Å². The minimum atomic E-state index is -0.962. The average molecular weight is 425 g/mol. The van der Waals surface area contributed by atoms with E-state index in [1.807, 2.05) is 0 Å². The molecule has 0 bridgehead atoms. The predicted octanol–water partition coefficient (Wildman–Crippen LogP) is -0.820.